The van der Waals surface area contributed by atoms with Gasteiger partial charge in [-0.2, -0.15) is 0 Å². The number of fused-ring (bicyclic) bond motifs is 1. The molecule has 0 bridgehead atoms. The van der Waals surface area contributed by atoms with E-state index in [1.165, 1.54) is 0 Å². The molecule has 68 valence electrons. The molecule has 4 heteroatoms. The Balaban J connectivity index is 2.55. The molecule has 0 aliphatic carbocycles. The van der Waals surface area contributed by atoms with Crippen molar-refractivity contribution in [3.63, 3.8) is 0 Å². The molecule has 2 heterocycles. The van der Waals surface area contributed by atoms with E-state index < -0.39 is 0 Å². The zero-order chi connectivity index (χ0) is 9.26. The Bertz CT molecular complexity index is 422. The van der Waals surface area contributed by atoms with Crippen LogP contribution in [0.3, 0.4) is 0 Å². The highest BCUT2D eigenvalue weighted by molar-refractivity contribution is 5.48. The van der Waals surface area contributed by atoms with E-state index in [-0.39, 0.29) is 6.61 Å². The van der Waals surface area contributed by atoms with E-state index in [1.54, 1.807) is 0 Å². The molecule has 2 rings (SSSR count). The Labute approximate surface area is 75.6 Å². The number of nitrogens with two attached hydrogens (primary N) is 1. The van der Waals surface area contributed by atoms with Gasteiger partial charge in [-0.25, -0.2) is 4.98 Å². The minimum Gasteiger partial charge on any atom is -0.396 e. The predicted octanol–water partition coefficient (Wildman–Crippen LogP) is 0.451. The van der Waals surface area contributed by atoms with Crippen molar-refractivity contribution in [1.82, 2.24) is 9.38 Å². The number of rotatable bonds is 2. The monoisotopic (exact) mass is 177 g/mol. The number of hydrogen-bond acceptors (Lipinski definition) is 3. The Morgan fingerprint density at radius 2 is 2.31 bits per heavy atom. The zero-order valence-electron chi connectivity index (χ0n) is 7.14. The first-order chi connectivity index (χ1) is 6.31. The van der Waals surface area contributed by atoms with Gasteiger partial charge in [-0.1, -0.05) is 6.07 Å². The molecule has 2 aromatic rings. The van der Waals surface area contributed by atoms with Gasteiger partial charge >= 0.3 is 0 Å². The van der Waals surface area contributed by atoms with Gasteiger partial charge in [0.15, 0.2) is 0 Å². The zero-order valence-corrected chi connectivity index (χ0v) is 7.14. The Morgan fingerprint density at radius 1 is 1.46 bits per heavy atom. The van der Waals surface area contributed by atoms with Crippen LogP contribution >= 0.6 is 0 Å². The summed E-state index contributed by atoms with van der Waals surface area (Å²) in [5, 5.41) is 8.73. The van der Waals surface area contributed by atoms with Crippen LogP contribution in [0.25, 0.3) is 5.65 Å². The number of anilines is 1. The minimum absolute atomic E-state index is 0.115. The number of aliphatic hydroxyl groups excluding tert-OH is 1. The lowest BCUT2D eigenvalue weighted by atomic mass is 10.3. The summed E-state index contributed by atoms with van der Waals surface area (Å²) >= 11 is 0. The molecule has 13 heavy (non-hydrogen) atoms. The van der Waals surface area contributed by atoms with Gasteiger partial charge in [0.05, 0.1) is 5.69 Å². The summed E-state index contributed by atoms with van der Waals surface area (Å²) in [5.74, 6) is 0.661. The summed E-state index contributed by atoms with van der Waals surface area (Å²) < 4.78 is 1.81. The third-order valence-corrected chi connectivity index (χ3v) is 1.94. The lowest BCUT2D eigenvalue weighted by Gasteiger charge is -1.95. The number of hydrogen-bond donors (Lipinski definition) is 2. The fraction of sp³-hybridized carbons (Fsp3) is 0.222. The SMILES string of the molecule is Nc1cccc2nc(CCO)cn12. The number of aliphatic hydroxyl groups is 1. The first kappa shape index (κ1) is 8.07. The van der Waals surface area contributed by atoms with Crippen molar-refractivity contribution in [2.24, 2.45) is 0 Å². The molecule has 0 saturated carbocycles. The fourth-order valence-corrected chi connectivity index (χ4v) is 1.32. The maximum absolute atomic E-state index is 8.73. The van der Waals surface area contributed by atoms with Crippen LogP contribution in [0.1, 0.15) is 5.69 Å². The molecule has 0 aliphatic heterocycles. The minimum atomic E-state index is 0.115. The predicted molar refractivity (Wildman–Crippen MR) is 50.4 cm³/mol. The highest BCUT2D eigenvalue weighted by Crippen LogP contribution is 2.10. The van der Waals surface area contributed by atoms with Crippen LogP contribution in [-0.2, 0) is 6.42 Å². The molecule has 0 amide bonds. The second-order valence-corrected chi connectivity index (χ2v) is 2.88. The average Bonchev–Trinajstić information content (AvgIpc) is 2.49. The molecular weight excluding hydrogens is 166 g/mol. The average molecular weight is 177 g/mol. The largest absolute Gasteiger partial charge is 0.396 e. The van der Waals surface area contributed by atoms with Crippen LogP contribution in [0.15, 0.2) is 24.4 Å². The molecule has 0 saturated heterocycles. The van der Waals surface area contributed by atoms with Crippen LogP contribution in [0.4, 0.5) is 5.82 Å². The smallest absolute Gasteiger partial charge is 0.138 e. The standard InChI is InChI=1S/C9H11N3O/c10-8-2-1-3-9-11-7(4-5-13)6-12(8)9/h1-3,6,13H,4-5,10H2. The third kappa shape index (κ3) is 1.36. The normalized spacial score (nSPS) is 10.8. The van der Waals surface area contributed by atoms with Crippen LogP contribution < -0.4 is 5.73 Å². The molecule has 3 N–H and O–H groups in total. The van der Waals surface area contributed by atoms with Crippen molar-refractivity contribution in [2.45, 2.75) is 6.42 Å². The van der Waals surface area contributed by atoms with Crippen LogP contribution in [-0.4, -0.2) is 21.1 Å². The summed E-state index contributed by atoms with van der Waals surface area (Å²) in [6.07, 6.45) is 2.42. The topological polar surface area (TPSA) is 63.5 Å². The van der Waals surface area contributed by atoms with Gasteiger partial charge in [0, 0.05) is 19.2 Å². The molecule has 4 nitrogen and oxygen atoms in total. The summed E-state index contributed by atoms with van der Waals surface area (Å²) in [4.78, 5) is 4.29. The van der Waals surface area contributed by atoms with Gasteiger partial charge in [-0.3, -0.25) is 4.40 Å². The molecule has 0 fully saturated rings. The van der Waals surface area contributed by atoms with E-state index in [1.807, 2.05) is 28.8 Å². The van der Waals surface area contributed by atoms with E-state index in [4.69, 9.17) is 10.8 Å². The molecule has 0 aliphatic rings. The van der Waals surface area contributed by atoms with Gasteiger partial charge in [0.2, 0.25) is 0 Å². The summed E-state index contributed by atoms with van der Waals surface area (Å²) in [6.45, 7) is 0.115. The lowest BCUT2D eigenvalue weighted by molar-refractivity contribution is 0.298. The van der Waals surface area contributed by atoms with Crippen molar-refractivity contribution in [2.75, 3.05) is 12.3 Å². The Kier molecular flexibility index (Phi) is 1.90. The van der Waals surface area contributed by atoms with Crippen LogP contribution in [0.2, 0.25) is 0 Å². The number of imidazole rings is 1. The third-order valence-electron chi connectivity index (χ3n) is 1.94. The number of aromatic nitrogens is 2. The molecular formula is C9H11N3O. The molecule has 0 spiro atoms. The van der Waals surface area contributed by atoms with Crippen molar-refractivity contribution < 1.29 is 5.11 Å². The fourth-order valence-electron chi connectivity index (χ4n) is 1.32. The molecule has 0 atom stereocenters. The van der Waals surface area contributed by atoms with Crippen molar-refractivity contribution >= 4 is 11.5 Å². The quantitative estimate of drug-likeness (QED) is 0.700. The second-order valence-electron chi connectivity index (χ2n) is 2.88. The molecule has 0 aromatic carbocycles. The molecule has 2 aromatic heterocycles. The second kappa shape index (κ2) is 3.06. The molecule has 0 radical (unpaired) electrons. The summed E-state index contributed by atoms with van der Waals surface area (Å²) in [7, 11) is 0. The lowest BCUT2D eigenvalue weighted by Crippen LogP contribution is -1.93. The Hall–Kier alpha value is -1.55. The van der Waals surface area contributed by atoms with E-state index in [2.05, 4.69) is 4.98 Å². The van der Waals surface area contributed by atoms with Gasteiger partial charge in [-0.05, 0) is 12.1 Å². The Morgan fingerprint density at radius 3 is 3.00 bits per heavy atom. The van der Waals surface area contributed by atoms with E-state index in [0.717, 1.165) is 11.3 Å². The highest BCUT2D eigenvalue weighted by atomic mass is 16.3. The summed E-state index contributed by atoms with van der Waals surface area (Å²) in [6, 6.07) is 5.56. The maximum atomic E-state index is 8.73. The highest BCUT2D eigenvalue weighted by Gasteiger charge is 2.01. The maximum Gasteiger partial charge on any atom is 0.138 e. The number of nitrogen functional groups attached to an aromatic ring is 1. The number of pyridine rings is 1. The summed E-state index contributed by atoms with van der Waals surface area (Å²) in [5.41, 5.74) is 7.41. The van der Waals surface area contributed by atoms with E-state index in [0.29, 0.717) is 12.2 Å². The first-order valence-electron chi connectivity index (χ1n) is 4.14. The van der Waals surface area contributed by atoms with Gasteiger partial charge in [0.1, 0.15) is 11.5 Å². The van der Waals surface area contributed by atoms with E-state index in [9.17, 15) is 0 Å². The number of nitrogens with zero attached hydrogens (tertiary/aromatic N) is 2. The van der Waals surface area contributed by atoms with Crippen molar-refractivity contribution in [3.05, 3.63) is 30.1 Å². The van der Waals surface area contributed by atoms with Crippen LogP contribution in [0, 0.1) is 0 Å². The first-order valence-corrected chi connectivity index (χ1v) is 4.14. The van der Waals surface area contributed by atoms with Crippen molar-refractivity contribution in [1.29, 1.82) is 0 Å². The van der Waals surface area contributed by atoms with Gasteiger partial charge < -0.3 is 10.8 Å². The van der Waals surface area contributed by atoms with Crippen molar-refractivity contribution in [3.8, 4) is 0 Å². The van der Waals surface area contributed by atoms with Gasteiger partial charge in [-0.15, -0.1) is 0 Å². The van der Waals surface area contributed by atoms with Gasteiger partial charge in [0.25, 0.3) is 0 Å². The van der Waals surface area contributed by atoms with E-state index >= 15 is 0 Å². The molecule has 0 unspecified atom stereocenters. The van der Waals surface area contributed by atoms with Crippen LogP contribution in [0.5, 0.6) is 0 Å².